The Balaban J connectivity index is 2.10. The van der Waals surface area contributed by atoms with E-state index in [1.807, 2.05) is 0 Å². The van der Waals surface area contributed by atoms with E-state index in [1.165, 1.54) is 11.8 Å². The van der Waals surface area contributed by atoms with Crippen LogP contribution in [0.15, 0.2) is 24.3 Å². The average Bonchev–Trinajstić information content (AvgIpc) is 2.46. The first-order chi connectivity index (χ1) is 9.79. The summed E-state index contributed by atoms with van der Waals surface area (Å²) in [5, 5.41) is -0.211. The minimum atomic E-state index is -2.95. The molecule has 1 aromatic rings. The number of rotatable bonds is 4. The molecule has 3 atom stereocenters. The van der Waals surface area contributed by atoms with Crippen LogP contribution in [-0.4, -0.2) is 19.9 Å². The smallest absolute Gasteiger partial charge is 0.150 e. The first kappa shape index (κ1) is 16.5. The van der Waals surface area contributed by atoms with Crippen LogP contribution in [0.5, 0.6) is 0 Å². The molecule has 0 aromatic heterocycles. The van der Waals surface area contributed by atoms with Gasteiger partial charge in [0.2, 0.25) is 0 Å². The van der Waals surface area contributed by atoms with Crippen molar-refractivity contribution >= 4 is 9.84 Å². The number of sulfone groups is 1. The Hall–Kier alpha value is -0.870. The summed E-state index contributed by atoms with van der Waals surface area (Å²) in [5.41, 5.74) is 8.84. The van der Waals surface area contributed by atoms with Gasteiger partial charge in [-0.05, 0) is 42.2 Å². The predicted octanol–water partition coefficient (Wildman–Crippen LogP) is 3.41. The average molecular weight is 309 g/mol. The fourth-order valence-electron chi connectivity index (χ4n) is 3.27. The summed E-state index contributed by atoms with van der Waals surface area (Å²) in [6, 6.07) is 8.41. The summed E-state index contributed by atoms with van der Waals surface area (Å²) in [6.45, 7) is 4.35. The molecule has 0 amide bonds. The van der Waals surface area contributed by atoms with Crippen LogP contribution < -0.4 is 5.73 Å². The van der Waals surface area contributed by atoms with Crippen molar-refractivity contribution in [1.29, 1.82) is 0 Å². The molecule has 0 saturated heterocycles. The lowest BCUT2D eigenvalue weighted by molar-refractivity contribution is 0.309. The van der Waals surface area contributed by atoms with E-state index in [0.717, 1.165) is 24.8 Å². The van der Waals surface area contributed by atoms with Gasteiger partial charge in [0, 0.05) is 12.3 Å². The molecule has 0 spiro atoms. The molecule has 0 radical (unpaired) electrons. The molecule has 3 nitrogen and oxygen atoms in total. The fourth-order valence-corrected chi connectivity index (χ4v) is 4.46. The normalized spacial score (nSPS) is 25.0. The Bertz CT molecular complexity index is 563. The summed E-state index contributed by atoms with van der Waals surface area (Å²) < 4.78 is 23.5. The molecule has 1 aliphatic carbocycles. The standard InChI is InChI=1S/C17H27NO2S/c1-12(2)13-7-9-14(10-8-13)17(18)15-5-4-6-16(11-15)21(3,19)20/h7-10,12,15-17H,4-6,11,18H2,1-3H3. The van der Waals surface area contributed by atoms with Gasteiger partial charge in [-0.25, -0.2) is 8.42 Å². The van der Waals surface area contributed by atoms with Crippen LogP contribution in [0.2, 0.25) is 0 Å². The van der Waals surface area contributed by atoms with E-state index >= 15 is 0 Å². The van der Waals surface area contributed by atoms with Crippen molar-refractivity contribution in [2.24, 2.45) is 11.7 Å². The van der Waals surface area contributed by atoms with E-state index in [1.54, 1.807) is 0 Å². The number of benzene rings is 1. The van der Waals surface area contributed by atoms with E-state index in [2.05, 4.69) is 38.1 Å². The Labute approximate surface area is 128 Å². The fraction of sp³-hybridized carbons (Fsp3) is 0.647. The number of nitrogens with two attached hydrogens (primary N) is 1. The number of hydrogen-bond donors (Lipinski definition) is 1. The van der Waals surface area contributed by atoms with Crippen LogP contribution >= 0.6 is 0 Å². The molecule has 21 heavy (non-hydrogen) atoms. The summed E-state index contributed by atoms with van der Waals surface area (Å²) in [7, 11) is -2.95. The van der Waals surface area contributed by atoms with Crippen molar-refractivity contribution in [2.45, 2.75) is 56.7 Å². The van der Waals surface area contributed by atoms with Gasteiger partial charge in [-0.3, -0.25) is 0 Å². The van der Waals surface area contributed by atoms with Crippen molar-refractivity contribution in [2.75, 3.05) is 6.26 Å². The molecule has 1 saturated carbocycles. The molecule has 3 unspecified atom stereocenters. The maximum Gasteiger partial charge on any atom is 0.150 e. The molecule has 0 bridgehead atoms. The summed E-state index contributed by atoms with van der Waals surface area (Å²) in [5.74, 6) is 0.781. The minimum absolute atomic E-state index is 0.0595. The van der Waals surface area contributed by atoms with E-state index in [-0.39, 0.29) is 17.2 Å². The highest BCUT2D eigenvalue weighted by atomic mass is 32.2. The van der Waals surface area contributed by atoms with Gasteiger partial charge < -0.3 is 5.73 Å². The van der Waals surface area contributed by atoms with Crippen molar-refractivity contribution in [3.63, 3.8) is 0 Å². The molecule has 1 aromatic carbocycles. The zero-order valence-corrected chi connectivity index (χ0v) is 14.1. The van der Waals surface area contributed by atoms with Crippen molar-refractivity contribution in [3.8, 4) is 0 Å². The highest BCUT2D eigenvalue weighted by Crippen LogP contribution is 2.35. The highest BCUT2D eigenvalue weighted by molar-refractivity contribution is 7.91. The predicted molar refractivity (Wildman–Crippen MR) is 88.0 cm³/mol. The molecule has 2 N–H and O–H groups in total. The van der Waals surface area contributed by atoms with Gasteiger partial charge in [0.1, 0.15) is 9.84 Å². The summed E-state index contributed by atoms with van der Waals surface area (Å²) in [4.78, 5) is 0. The van der Waals surface area contributed by atoms with E-state index in [9.17, 15) is 8.42 Å². The van der Waals surface area contributed by atoms with Gasteiger partial charge in [0.05, 0.1) is 5.25 Å². The van der Waals surface area contributed by atoms with Gasteiger partial charge in [0.25, 0.3) is 0 Å². The monoisotopic (exact) mass is 309 g/mol. The Morgan fingerprint density at radius 1 is 1.10 bits per heavy atom. The molecular formula is C17H27NO2S. The Morgan fingerprint density at radius 3 is 2.19 bits per heavy atom. The molecular weight excluding hydrogens is 282 g/mol. The van der Waals surface area contributed by atoms with E-state index in [0.29, 0.717) is 12.3 Å². The first-order valence-corrected chi connectivity index (χ1v) is 9.78. The van der Waals surface area contributed by atoms with Crippen LogP contribution in [0.25, 0.3) is 0 Å². The Kier molecular flexibility index (Phi) is 5.10. The van der Waals surface area contributed by atoms with Crippen molar-refractivity contribution in [1.82, 2.24) is 0 Å². The third-order valence-electron chi connectivity index (χ3n) is 4.77. The largest absolute Gasteiger partial charge is 0.324 e. The first-order valence-electron chi connectivity index (χ1n) is 7.83. The lowest BCUT2D eigenvalue weighted by Crippen LogP contribution is -2.32. The van der Waals surface area contributed by atoms with E-state index < -0.39 is 9.84 Å². The minimum Gasteiger partial charge on any atom is -0.324 e. The quantitative estimate of drug-likeness (QED) is 0.927. The maximum absolute atomic E-state index is 11.8. The van der Waals surface area contributed by atoms with Gasteiger partial charge in [-0.15, -0.1) is 0 Å². The molecule has 1 aliphatic rings. The summed E-state index contributed by atoms with van der Waals surface area (Å²) in [6.07, 6.45) is 4.82. The van der Waals surface area contributed by atoms with Crippen molar-refractivity contribution in [3.05, 3.63) is 35.4 Å². The third kappa shape index (κ3) is 4.07. The van der Waals surface area contributed by atoms with Crippen LogP contribution in [0, 0.1) is 5.92 Å². The lowest BCUT2D eigenvalue weighted by atomic mass is 9.81. The lowest BCUT2D eigenvalue weighted by Gasteiger charge is -2.32. The van der Waals surface area contributed by atoms with Crippen molar-refractivity contribution < 1.29 is 8.42 Å². The van der Waals surface area contributed by atoms with Gasteiger partial charge in [0.15, 0.2) is 0 Å². The molecule has 4 heteroatoms. The van der Waals surface area contributed by atoms with Gasteiger partial charge in [-0.2, -0.15) is 0 Å². The van der Waals surface area contributed by atoms with Gasteiger partial charge >= 0.3 is 0 Å². The van der Waals surface area contributed by atoms with Crippen LogP contribution in [-0.2, 0) is 9.84 Å². The second-order valence-corrected chi connectivity index (χ2v) is 9.05. The molecule has 0 heterocycles. The second kappa shape index (κ2) is 6.49. The molecule has 118 valence electrons. The van der Waals surface area contributed by atoms with Gasteiger partial charge in [-0.1, -0.05) is 44.5 Å². The third-order valence-corrected chi connectivity index (χ3v) is 6.41. The second-order valence-electron chi connectivity index (χ2n) is 6.73. The molecule has 0 aliphatic heterocycles. The zero-order chi connectivity index (χ0) is 15.6. The van der Waals surface area contributed by atoms with Crippen LogP contribution in [0.1, 0.15) is 62.6 Å². The highest BCUT2D eigenvalue weighted by Gasteiger charge is 2.32. The summed E-state index contributed by atoms with van der Waals surface area (Å²) >= 11 is 0. The Morgan fingerprint density at radius 2 is 1.67 bits per heavy atom. The number of hydrogen-bond acceptors (Lipinski definition) is 3. The maximum atomic E-state index is 11.8. The van der Waals surface area contributed by atoms with Crippen LogP contribution in [0.3, 0.4) is 0 Å². The zero-order valence-electron chi connectivity index (χ0n) is 13.2. The molecule has 1 fully saturated rings. The van der Waals surface area contributed by atoms with E-state index in [4.69, 9.17) is 5.73 Å². The SMILES string of the molecule is CC(C)c1ccc(C(N)C2CCCC(S(C)(=O)=O)C2)cc1. The topological polar surface area (TPSA) is 60.2 Å². The molecule has 2 rings (SSSR count). The van der Waals surface area contributed by atoms with Crippen LogP contribution in [0.4, 0.5) is 0 Å².